The second kappa shape index (κ2) is 6.18. The highest BCUT2D eigenvalue weighted by Gasteiger charge is 2.51. The van der Waals surface area contributed by atoms with E-state index in [1.54, 1.807) is 0 Å². The number of nitrogens with two attached hydrogens (primary N) is 1. The van der Waals surface area contributed by atoms with Gasteiger partial charge in [-0.2, -0.15) is 0 Å². The van der Waals surface area contributed by atoms with E-state index in [1.807, 2.05) is 18.2 Å². The SMILES string of the molecule is C[C@H](N[C@H](CC12CC3CC(CC(C3)C1)C2)C(N)=O)c1ccccc1. The van der Waals surface area contributed by atoms with Crippen molar-refractivity contribution < 1.29 is 4.79 Å². The molecule has 4 saturated carbocycles. The molecule has 1 amide bonds. The molecule has 0 unspecified atom stereocenters. The highest BCUT2D eigenvalue weighted by molar-refractivity contribution is 5.80. The van der Waals surface area contributed by atoms with E-state index in [2.05, 4.69) is 24.4 Å². The van der Waals surface area contributed by atoms with Crippen molar-refractivity contribution in [1.29, 1.82) is 0 Å². The Morgan fingerprint density at radius 1 is 1.12 bits per heavy atom. The third-order valence-corrected chi connectivity index (χ3v) is 6.90. The summed E-state index contributed by atoms with van der Waals surface area (Å²) in [6.45, 7) is 2.13. The number of nitrogens with one attached hydrogen (secondary N) is 1. The lowest BCUT2D eigenvalue weighted by Gasteiger charge is -2.57. The molecule has 3 N–H and O–H groups in total. The minimum absolute atomic E-state index is 0.151. The Balaban J connectivity index is 1.47. The predicted molar refractivity (Wildman–Crippen MR) is 96.2 cm³/mol. The van der Waals surface area contributed by atoms with Gasteiger partial charge in [-0.3, -0.25) is 10.1 Å². The summed E-state index contributed by atoms with van der Waals surface area (Å²) in [5.74, 6) is 2.55. The lowest BCUT2D eigenvalue weighted by atomic mass is 9.48. The van der Waals surface area contributed by atoms with Gasteiger partial charge in [0, 0.05) is 6.04 Å². The fraction of sp³-hybridized carbons (Fsp3) is 0.667. The molecule has 4 fully saturated rings. The average molecular weight is 326 g/mol. The molecular formula is C21H30N2O. The molecule has 130 valence electrons. The van der Waals surface area contributed by atoms with Crippen molar-refractivity contribution in [3.8, 4) is 0 Å². The smallest absolute Gasteiger partial charge is 0.234 e. The molecule has 5 rings (SSSR count). The summed E-state index contributed by atoms with van der Waals surface area (Å²) >= 11 is 0. The van der Waals surface area contributed by atoms with Crippen LogP contribution < -0.4 is 11.1 Å². The van der Waals surface area contributed by atoms with E-state index in [0.717, 1.165) is 24.2 Å². The molecule has 0 saturated heterocycles. The molecule has 1 aromatic carbocycles. The van der Waals surface area contributed by atoms with Crippen LogP contribution in [-0.2, 0) is 4.79 Å². The van der Waals surface area contributed by atoms with Crippen LogP contribution >= 0.6 is 0 Å². The first-order valence-electron chi connectivity index (χ1n) is 9.63. The van der Waals surface area contributed by atoms with E-state index < -0.39 is 0 Å². The van der Waals surface area contributed by atoms with E-state index in [1.165, 1.54) is 44.1 Å². The van der Waals surface area contributed by atoms with Crippen LogP contribution in [0.25, 0.3) is 0 Å². The number of benzene rings is 1. The van der Waals surface area contributed by atoms with Gasteiger partial charge < -0.3 is 5.73 Å². The van der Waals surface area contributed by atoms with Crippen LogP contribution in [0.2, 0.25) is 0 Å². The van der Waals surface area contributed by atoms with Crippen molar-refractivity contribution in [3.63, 3.8) is 0 Å². The molecule has 3 nitrogen and oxygen atoms in total. The first kappa shape index (κ1) is 16.1. The number of carbonyl (C=O) groups is 1. The summed E-state index contributed by atoms with van der Waals surface area (Å²) in [5.41, 5.74) is 7.38. The molecule has 24 heavy (non-hydrogen) atoms. The Morgan fingerprint density at radius 2 is 1.67 bits per heavy atom. The number of amides is 1. The Hall–Kier alpha value is -1.35. The van der Waals surface area contributed by atoms with E-state index >= 15 is 0 Å². The van der Waals surface area contributed by atoms with Gasteiger partial charge in [0.15, 0.2) is 0 Å². The second-order valence-electron chi connectivity index (χ2n) is 8.88. The molecule has 1 aromatic rings. The van der Waals surface area contributed by atoms with E-state index in [4.69, 9.17) is 5.73 Å². The van der Waals surface area contributed by atoms with Crippen molar-refractivity contribution in [1.82, 2.24) is 5.32 Å². The van der Waals surface area contributed by atoms with Crippen LogP contribution in [-0.4, -0.2) is 11.9 Å². The van der Waals surface area contributed by atoms with Crippen LogP contribution in [0.3, 0.4) is 0 Å². The summed E-state index contributed by atoms with van der Waals surface area (Å²) in [5, 5.41) is 3.53. The lowest BCUT2D eigenvalue weighted by molar-refractivity contribution is -0.123. The number of carbonyl (C=O) groups excluding carboxylic acids is 1. The van der Waals surface area contributed by atoms with Gasteiger partial charge in [0.2, 0.25) is 5.91 Å². The van der Waals surface area contributed by atoms with Crippen LogP contribution in [0.5, 0.6) is 0 Å². The Kier molecular flexibility index (Phi) is 4.16. The largest absolute Gasteiger partial charge is 0.368 e. The first-order chi connectivity index (χ1) is 11.5. The van der Waals surface area contributed by atoms with E-state index in [9.17, 15) is 4.79 Å². The number of rotatable bonds is 6. The molecule has 4 bridgehead atoms. The van der Waals surface area contributed by atoms with Crippen molar-refractivity contribution in [2.45, 2.75) is 64.0 Å². The minimum Gasteiger partial charge on any atom is -0.368 e. The molecule has 0 aliphatic heterocycles. The number of hydrogen-bond donors (Lipinski definition) is 2. The normalized spacial score (nSPS) is 36.5. The summed E-state index contributed by atoms with van der Waals surface area (Å²) in [7, 11) is 0. The Bertz CT molecular complexity index is 562. The van der Waals surface area contributed by atoms with Crippen LogP contribution in [0.1, 0.15) is 63.5 Å². The van der Waals surface area contributed by atoms with Gasteiger partial charge in [-0.25, -0.2) is 0 Å². The van der Waals surface area contributed by atoms with Crippen LogP contribution in [0, 0.1) is 23.2 Å². The zero-order valence-electron chi connectivity index (χ0n) is 14.7. The maximum atomic E-state index is 12.2. The fourth-order valence-electron chi connectivity index (χ4n) is 6.35. The van der Waals surface area contributed by atoms with Gasteiger partial charge in [0.1, 0.15) is 0 Å². The molecule has 3 heteroatoms. The fourth-order valence-corrected chi connectivity index (χ4v) is 6.35. The Labute approximate surface area is 145 Å². The molecule has 0 radical (unpaired) electrons. The standard InChI is InChI=1S/C21H30N2O/c1-14(18-5-3-2-4-6-18)23-19(20(22)24)13-21-10-15-7-16(11-21)9-17(8-15)12-21/h2-6,14-17,19,23H,7-13H2,1H3,(H2,22,24)/t14-,15?,16?,17?,19+,21?/m0/s1. The summed E-state index contributed by atoms with van der Waals surface area (Å²) in [6.07, 6.45) is 9.22. The van der Waals surface area contributed by atoms with Gasteiger partial charge in [-0.1, -0.05) is 30.3 Å². The Morgan fingerprint density at radius 3 is 2.17 bits per heavy atom. The lowest BCUT2D eigenvalue weighted by Crippen LogP contribution is -2.52. The average Bonchev–Trinajstić information content (AvgIpc) is 2.53. The van der Waals surface area contributed by atoms with Gasteiger partial charge in [0.05, 0.1) is 6.04 Å². The summed E-state index contributed by atoms with van der Waals surface area (Å²) < 4.78 is 0. The van der Waals surface area contributed by atoms with Crippen molar-refractivity contribution in [3.05, 3.63) is 35.9 Å². The molecule has 0 heterocycles. The van der Waals surface area contributed by atoms with E-state index in [0.29, 0.717) is 5.41 Å². The third kappa shape index (κ3) is 3.11. The van der Waals surface area contributed by atoms with Crippen LogP contribution in [0.15, 0.2) is 30.3 Å². The molecule has 4 aliphatic carbocycles. The van der Waals surface area contributed by atoms with Crippen molar-refractivity contribution >= 4 is 5.91 Å². The van der Waals surface area contributed by atoms with Crippen LogP contribution in [0.4, 0.5) is 0 Å². The summed E-state index contributed by atoms with van der Waals surface area (Å²) in [6, 6.07) is 10.3. The van der Waals surface area contributed by atoms with E-state index in [-0.39, 0.29) is 18.0 Å². The van der Waals surface area contributed by atoms with Gasteiger partial charge >= 0.3 is 0 Å². The quantitative estimate of drug-likeness (QED) is 0.835. The number of primary amides is 1. The maximum Gasteiger partial charge on any atom is 0.234 e. The van der Waals surface area contributed by atoms with Crippen molar-refractivity contribution in [2.24, 2.45) is 28.9 Å². The minimum atomic E-state index is -0.212. The first-order valence-corrected chi connectivity index (χ1v) is 9.63. The zero-order valence-corrected chi connectivity index (χ0v) is 14.7. The maximum absolute atomic E-state index is 12.2. The predicted octanol–water partition coefficient (Wildman–Crippen LogP) is 3.80. The molecule has 2 atom stereocenters. The molecule has 0 aromatic heterocycles. The number of hydrogen-bond acceptors (Lipinski definition) is 2. The molecule has 4 aliphatic rings. The van der Waals surface area contributed by atoms with Gasteiger partial charge in [-0.15, -0.1) is 0 Å². The molecular weight excluding hydrogens is 296 g/mol. The highest BCUT2D eigenvalue weighted by atomic mass is 16.1. The monoisotopic (exact) mass is 326 g/mol. The third-order valence-electron chi connectivity index (χ3n) is 6.90. The van der Waals surface area contributed by atoms with Gasteiger partial charge in [-0.05, 0) is 80.6 Å². The van der Waals surface area contributed by atoms with Gasteiger partial charge in [0.25, 0.3) is 0 Å². The zero-order chi connectivity index (χ0) is 16.7. The summed E-state index contributed by atoms with van der Waals surface area (Å²) in [4.78, 5) is 12.2. The molecule has 0 spiro atoms. The second-order valence-corrected chi connectivity index (χ2v) is 8.88. The topological polar surface area (TPSA) is 55.1 Å². The van der Waals surface area contributed by atoms with Crippen molar-refractivity contribution in [2.75, 3.05) is 0 Å². The highest BCUT2D eigenvalue weighted by Crippen LogP contribution is 2.61.